The Bertz CT molecular complexity index is 994. The number of thioether (sulfide) groups is 1. The molecule has 0 radical (unpaired) electrons. The molecule has 1 aliphatic rings. The predicted octanol–water partition coefficient (Wildman–Crippen LogP) is 4.64. The van der Waals surface area contributed by atoms with Crippen molar-refractivity contribution in [3.63, 3.8) is 0 Å². The van der Waals surface area contributed by atoms with Gasteiger partial charge in [-0.1, -0.05) is 30.0 Å². The van der Waals surface area contributed by atoms with Crippen molar-refractivity contribution in [3.05, 3.63) is 75.6 Å². The summed E-state index contributed by atoms with van der Waals surface area (Å²) in [6.45, 7) is 1.76. The van der Waals surface area contributed by atoms with E-state index in [1.165, 1.54) is 31.4 Å². The zero-order chi connectivity index (χ0) is 19.6. The molecule has 0 unspecified atom stereocenters. The van der Waals surface area contributed by atoms with E-state index in [4.69, 9.17) is 4.74 Å². The Morgan fingerprint density at radius 3 is 2.56 bits per heavy atom. The second kappa shape index (κ2) is 7.67. The molecule has 0 aliphatic carbocycles. The smallest absolute Gasteiger partial charge is 0.344 e. The number of hydrogen-bond donors (Lipinski definition) is 2. The number of ether oxygens (including phenoxy) is 1. The van der Waals surface area contributed by atoms with Crippen molar-refractivity contribution in [2.75, 3.05) is 7.11 Å². The van der Waals surface area contributed by atoms with Crippen LogP contribution >= 0.6 is 11.8 Å². The van der Waals surface area contributed by atoms with Crippen molar-refractivity contribution in [1.82, 2.24) is 0 Å². The molecule has 27 heavy (non-hydrogen) atoms. The van der Waals surface area contributed by atoms with Gasteiger partial charge in [-0.25, -0.2) is 14.2 Å². The van der Waals surface area contributed by atoms with Gasteiger partial charge in [0.2, 0.25) is 0 Å². The van der Waals surface area contributed by atoms with Gasteiger partial charge in [0, 0.05) is 5.56 Å². The van der Waals surface area contributed by atoms with Gasteiger partial charge in [-0.2, -0.15) is 0 Å². The van der Waals surface area contributed by atoms with Crippen LogP contribution in [0.25, 0.3) is 6.08 Å². The van der Waals surface area contributed by atoms with Crippen LogP contribution in [0.1, 0.15) is 11.1 Å². The maximum Gasteiger partial charge on any atom is 0.344 e. The number of benzene rings is 2. The van der Waals surface area contributed by atoms with Gasteiger partial charge >= 0.3 is 5.97 Å². The van der Waals surface area contributed by atoms with Crippen molar-refractivity contribution in [1.29, 1.82) is 0 Å². The van der Waals surface area contributed by atoms with E-state index < -0.39 is 11.8 Å². The highest BCUT2D eigenvalue weighted by Gasteiger charge is 2.33. The molecule has 2 aromatic carbocycles. The topological polar surface area (TPSA) is 79.1 Å². The Morgan fingerprint density at radius 1 is 1.19 bits per heavy atom. The number of hydrogen-bond acceptors (Lipinski definition) is 6. The van der Waals surface area contributed by atoms with Gasteiger partial charge in [-0.3, -0.25) is 0 Å². The van der Waals surface area contributed by atoms with Gasteiger partial charge < -0.3 is 14.9 Å². The first kappa shape index (κ1) is 18.7. The molecular formula is C20H16FNO4S. The lowest BCUT2D eigenvalue weighted by Gasteiger charge is -2.04. The summed E-state index contributed by atoms with van der Waals surface area (Å²) in [4.78, 5) is 16.8. The van der Waals surface area contributed by atoms with Crippen LogP contribution in [0.4, 0.5) is 10.1 Å². The number of nitrogens with zero attached hydrogens (tertiary/aromatic N) is 1. The monoisotopic (exact) mass is 385 g/mol. The molecular weight excluding hydrogens is 369 g/mol. The molecule has 0 bridgehead atoms. The summed E-state index contributed by atoms with van der Waals surface area (Å²) in [6, 6.07) is 10.7. The number of carbonyl (C=O) groups is 1. The maximum absolute atomic E-state index is 13.1. The zero-order valence-electron chi connectivity index (χ0n) is 14.6. The second-order valence-electron chi connectivity index (χ2n) is 5.73. The minimum atomic E-state index is -0.738. The fourth-order valence-corrected chi connectivity index (χ4v) is 3.49. The standard InChI is InChI=1S/C20H16FNO4S/c1-11-4-3-5-12(17(11)23)10-15-18(24)16(20(25)26-2)19(27-15)22-14-8-6-13(21)7-9-14/h3-10,23-24H,1-2H3. The molecule has 0 amide bonds. The largest absolute Gasteiger partial charge is 0.507 e. The number of aliphatic hydroxyl groups excluding tert-OH is 1. The molecule has 1 aliphatic heterocycles. The molecule has 2 N–H and O–H groups in total. The van der Waals surface area contributed by atoms with Crippen molar-refractivity contribution in [2.24, 2.45) is 4.99 Å². The third-order valence-corrected chi connectivity index (χ3v) is 4.91. The first-order valence-electron chi connectivity index (χ1n) is 7.95. The summed E-state index contributed by atoms with van der Waals surface area (Å²) in [5, 5.41) is 20.9. The Kier molecular flexibility index (Phi) is 5.32. The molecule has 0 saturated heterocycles. The normalized spacial score (nSPS) is 17.0. The van der Waals surface area contributed by atoms with Crippen LogP contribution < -0.4 is 0 Å². The summed E-state index contributed by atoms with van der Waals surface area (Å²) in [7, 11) is 1.21. The summed E-state index contributed by atoms with van der Waals surface area (Å²) >= 11 is 1.06. The molecule has 138 valence electrons. The molecule has 5 nitrogen and oxygen atoms in total. The highest BCUT2D eigenvalue weighted by molar-refractivity contribution is 8.18. The van der Waals surface area contributed by atoms with Gasteiger partial charge in [-0.15, -0.1) is 0 Å². The summed E-state index contributed by atoms with van der Waals surface area (Å²) in [5.74, 6) is -1.34. The van der Waals surface area contributed by atoms with Gasteiger partial charge in [-0.05, 0) is 42.8 Å². The van der Waals surface area contributed by atoms with E-state index >= 15 is 0 Å². The van der Waals surface area contributed by atoms with E-state index in [0.29, 0.717) is 21.7 Å². The lowest BCUT2D eigenvalue weighted by atomic mass is 10.1. The molecule has 0 saturated carbocycles. The number of para-hydroxylation sites is 1. The number of esters is 1. The molecule has 1 heterocycles. The molecule has 2 aromatic rings. The van der Waals surface area contributed by atoms with Crippen LogP contribution in [0.2, 0.25) is 0 Å². The van der Waals surface area contributed by atoms with E-state index in [2.05, 4.69) is 4.99 Å². The van der Waals surface area contributed by atoms with E-state index in [1.54, 1.807) is 31.2 Å². The van der Waals surface area contributed by atoms with Crippen molar-refractivity contribution in [3.8, 4) is 5.75 Å². The van der Waals surface area contributed by atoms with Crippen molar-refractivity contribution < 1.29 is 24.1 Å². The average molecular weight is 385 g/mol. The van der Waals surface area contributed by atoms with Crippen LogP contribution in [0.3, 0.4) is 0 Å². The van der Waals surface area contributed by atoms with Crippen LogP contribution in [-0.2, 0) is 9.53 Å². The van der Waals surface area contributed by atoms with E-state index in [0.717, 1.165) is 11.8 Å². The van der Waals surface area contributed by atoms with Gasteiger partial charge in [0.05, 0.1) is 17.7 Å². The summed E-state index contributed by atoms with van der Waals surface area (Å²) in [5.41, 5.74) is 1.53. The quantitative estimate of drug-likeness (QED) is 0.753. The van der Waals surface area contributed by atoms with Gasteiger partial charge in [0.25, 0.3) is 0 Å². The lowest BCUT2D eigenvalue weighted by Crippen LogP contribution is -2.10. The van der Waals surface area contributed by atoms with Crippen molar-refractivity contribution in [2.45, 2.75) is 6.92 Å². The van der Waals surface area contributed by atoms with Crippen LogP contribution in [0, 0.1) is 12.7 Å². The number of phenols is 1. The third-order valence-electron chi connectivity index (χ3n) is 3.89. The highest BCUT2D eigenvalue weighted by atomic mass is 32.2. The Morgan fingerprint density at radius 2 is 1.89 bits per heavy atom. The Labute approximate surface area is 159 Å². The molecule has 0 spiro atoms. The number of halogens is 1. The third kappa shape index (κ3) is 3.88. The average Bonchev–Trinajstić information content (AvgIpc) is 2.95. The minimum absolute atomic E-state index is 0.0785. The SMILES string of the molecule is COC(=O)C1=C(O)C(=Cc2cccc(C)c2O)SC1=Nc1ccc(F)cc1. The number of methoxy groups -OCH3 is 1. The number of aliphatic hydroxyl groups is 1. The van der Waals surface area contributed by atoms with E-state index in [1.807, 2.05) is 0 Å². The van der Waals surface area contributed by atoms with Crippen molar-refractivity contribution >= 4 is 34.5 Å². The molecule has 0 fully saturated rings. The molecule has 0 aromatic heterocycles. The highest BCUT2D eigenvalue weighted by Crippen LogP contribution is 2.41. The Hall–Kier alpha value is -3.06. The number of aliphatic imine (C=N–C) groups is 1. The van der Waals surface area contributed by atoms with Gasteiger partial charge in [0.15, 0.2) is 0 Å². The van der Waals surface area contributed by atoms with E-state index in [9.17, 15) is 19.4 Å². The predicted molar refractivity (Wildman–Crippen MR) is 104 cm³/mol. The Balaban J connectivity index is 2.07. The number of aryl methyl sites for hydroxylation is 1. The summed E-state index contributed by atoms with van der Waals surface area (Å²) < 4.78 is 17.8. The fraction of sp³-hybridized carbons (Fsp3) is 0.100. The van der Waals surface area contributed by atoms with E-state index in [-0.39, 0.29) is 22.1 Å². The number of aromatic hydroxyl groups is 1. The zero-order valence-corrected chi connectivity index (χ0v) is 15.4. The molecule has 3 rings (SSSR count). The number of carbonyl (C=O) groups excluding carboxylic acids is 1. The van der Waals surface area contributed by atoms with Crippen LogP contribution in [0.15, 0.2) is 63.7 Å². The first-order valence-corrected chi connectivity index (χ1v) is 8.77. The van der Waals surface area contributed by atoms with Gasteiger partial charge in [0.1, 0.15) is 27.9 Å². The van der Waals surface area contributed by atoms with Crippen LogP contribution in [-0.4, -0.2) is 28.3 Å². The minimum Gasteiger partial charge on any atom is -0.507 e. The maximum atomic E-state index is 13.1. The number of phenolic OH excluding ortho intramolecular Hbond substituents is 1. The molecule has 7 heteroatoms. The first-order chi connectivity index (χ1) is 12.9. The fourth-order valence-electron chi connectivity index (χ4n) is 2.46. The lowest BCUT2D eigenvalue weighted by molar-refractivity contribution is -0.135. The number of rotatable bonds is 3. The second-order valence-corrected chi connectivity index (χ2v) is 6.76. The summed E-state index contributed by atoms with van der Waals surface area (Å²) in [6.07, 6.45) is 1.57. The molecule has 0 atom stereocenters. The van der Waals surface area contributed by atoms with Crippen LogP contribution in [0.5, 0.6) is 5.75 Å².